The fraction of sp³-hybridized carbons (Fsp3) is 0. The summed E-state index contributed by atoms with van der Waals surface area (Å²) in [5.74, 6) is 0. The molecule has 0 heterocycles. The number of hydrogen-bond acceptors (Lipinski definition) is 2. The smallest absolute Gasteiger partial charge is 0.791 e. The van der Waals surface area contributed by atoms with Crippen LogP contribution in [0.1, 0.15) is 0 Å². The van der Waals surface area contributed by atoms with Gasteiger partial charge in [0.2, 0.25) is 0 Å². The summed E-state index contributed by atoms with van der Waals surface area (Å²) in [6, 6.07) is 0. The van der Waals surface area contributed by atoms with Gasteiger partial charge in [0, 0.05) is 0 Å². The second-order valence-corrected chi connectivity index (χ2v) is 0. The molecular formula is Br2FeO2. The van der Waals surface area contributed by atoms with Crippen LogP contribution in [0.4, 0.5) is 0 Å². The first-order chi connectivity index (χ1) is 2.00. The minimum absolute atomic E-state index is 0. The van der Waals surface area contributed by atoms with E-state index in [1.165, 1.54) is 0 Å². The fourth-order valence-electron chi connectivity index (χ4n) is 0. The van der Waals surface area contributed by atoms with Gasteiger partial charge in [0.15, 0.2) is 0 Å². The van der Waals surface area contributed by atoms with Crippen molar-refractivity contribution < 1.29 is 25.5 Å². The molecule has 0 unspecified atom stereocenters. The Balaban J connectivity index is -0.0000000133. The summed E-state index contributed by atoms with van der Waals surface area (Å²) in [5, 5.41) is 0. The van der Waals surface area contributed by atoms with E-state index < -0.39 is 0 Å². The van der Waals surface area contributed by atoms with Gasteiger partial charge in [-0.3, -0.25) is 0 Å². The van der Waals surface area contributed by atoms with E-state index in [0.29, 0.717) is 0 Å². The molecular weight excluding hydrogens is 248 g/mol. The van der Waals surface area contributed by atoms with Crippen molar-refractivity contribution in [3.05, 3.63) is 0 Å². The maximum atomic E-state index is 8.06. The summed E-state index contributed by atoms with van der Waals surface area (Å²) in [7, 11) is 0. The van der Waals surface area contributed by atoms with Crippen molar-refractivity contribution in [2.24, 2.45) is 0 Å². The zero-order chi connectivity index (χ0) is 4.00. The van der Waals surface area contributed by atoms with Crippen LogP contribution in [0.5, 0.6) is 0 Å². The molecule has 0 aromatic rings. The van der Waals surface area contributed by atoms with E-state index in [1.807, 2.05) is 0 Å². The molecule has 0 atom stereocenters. The maximum Gasteiger partial charge on any atom is 2.00 e. The molecule has 2 nitrogen and oxygen atoms in total. The van der Waals surface area contributed by atoms with Crippen molar-refractivity contribution in [3.63, 3.8) is 0 Å². The molecule has 0 aliphatic rings. The van der Waals surface area contributed by atoms with Gasteiger partial charge in [0.05, 0.1) is 0 Å². The first-order valence-electron chi connectivity index (χ1n) is 0.309. The standard InChI is InChI=1S/2BrO.Fe/c2*1-2;/q2*-1;+2. The molecule has 0 aromatic carbocycles. The van der Waals surface area contributed by atoms with Crippen LogP contribution in [0.2, 0.25) is 0 Å². The largest absolute Gasteiger partial charge is 2.00 e. The summed E-state index contributed by atoms with van der Waals surface area (Å²) < 4.78 is 16.1. The van der Waals surface area contributed by atoms with Gasteiger partial charge in [-0.25, -0.2) is 32.5 Å². The van der Waals surface area contributed by atoms with E-state index in [2.05, 4.69) is 0 Å². The molecule has 5 heteroatoms. The SMILES string of the molecule is [Fe+2].[O-]Br.[O-]Br. The van der Waals surface area contributed by atoms with Gasteiger partial charge in [-0.05, 0) is 0 Å². The topological polar surface area (TPSA) is 46.1 Å². The third-order valence-corrected chi connectivity index (χ3v) is 0. The first kappa shape index (κ1) is 16.1. The molecule has 0 saturated carbocycles. The van der Waals surface area contributed by atoms with Crippen LogP contribution in [0.25, 0.3) is 0 Å². The van der Waals surface area contributed by atoms with Crippen molar-refractivity contribution in [1.82, 2.24) is 0 Å². The number of hydrogen-bond donors (Lipinski definition) is 0. The molecule has 0 bridgehead atoms. The van der Waals surface area contributed by atoms with Gasteiger partial charge in [0.25, 0.3) is 0 Å². The Morgan fingerprint density at radius 3 is 0.800 bits per heavy atom. The fourth-order valence-corrected chi connectivity index (χ4v) is 0. The molecule has 0 fully saturated rings. The van der Waals surface area contributed by atoms with Crippen LogP contribution >= 0.6 is 32.5 Å². The summed E-state index contributed by atoms with van der Waals surface area (Å²) >= 11 is 3.38. The van der Waals surface area contributed by atoms with Crippen LogP contribution in [0.3, 0.4) is 0 Å². The van der Waals surface area contributed by atoms with Gasteiger partial charge < -0.3 is 8.40 Å². The third kappa shape index (κ3) is 31.9. The van der Waals surface area contributed by atoms with Crippen LogP contribution in [0, 0.1) is 0 Å². The summed E-state index contributed by atoms with van der Waals surface area (Å²) in [6.07, 6.45) is 0. The Morgan fingerprint density at radius 1 is 0.800 bits per heavy atom. The number of rotatable bonds is 0. The predicted molar refractivity (Wildman–Crippen MR) is 17.9 cm³/mol. The molecule has 0 N–H and O–H groups in total. The average molecular weight is 248 g/mol. The Hall–Kier alpha value is 1.40. The molecule has 0 rings (SSSR count). The minimum atomic E-state index is 0. The Kier molecular flexibility index (Phi) is 172. The monoisotopic (exact) mass is 246 g/mol. The summed E-state index contributed by atoms with van der Waals surface area (Å²) in [5.41, 5.74) is 0. The van der Waals surface area contributed by atoms with Crippen molar-refractivity contribution in [3.8, 4) is 0 Å². The van der Waals surface area contributed by atoms with E-state index in [9.17, 15) is 0 Å². The maximum absolute atomic E-state index is 8.06. The summed E-state index contributed by atoms with van der Waals surface area (Å²) in [6.45, 7) is 0. The van der Waals surface area contributed by atoms with Crippen LogP contribution in [-0.2, 0) is 17.1 Å². The molecule has 34 valence electrons. The van der Waals surface area contributed by atoms with E-state index in [-0.39, 0.29) is 17.1 Å². The minimum Gasteiger partial charge on any atom is -0.791 e. The second-order valence-electron chi connectivity index (χ2n) is 0. The number of halogens is 2. The molecule has 5 heavy (non-hydrogen) atoms. The molecule has 0 amide bonds. The molecule has 0 saturated heterocycles. The van der Waals surface area contributed by atoms with Crippen molar-refractivity contribution in [1.29, 1.82) is 0 Å². The van der Waals surface area contributed by atoms with Crippen LogP contribution in [-0.4, -0.2) is 0 Å². The molecule has 0 spiro atoms. The molecule has 0 aliphatic heterocycles. The zero-order valence-electron chi connectivity index (χ0n) is 1.93. The second kappa shape index (κ2) is 53.4. The van der Waals surface area contributed by atoms with Gasteiger partial charge in [-0.2, -0.15) is 0 Å². The van der Waals surface area contributed by atoms with E-state index in [0.717, 1.165) is 0 Å². The van der Waals surface area contributed by atoms with Crippen molar-refractivity contribution in [2.45, 2.75) is 0 Å². The van der Waals surface area contributed by atoms with Gasteiger partial charge in [0.1, 0.15) is 0 Å². The summed E-state index contributed by atoms with van der Waals surface area (Å²) in [4.78, 5) is 0. The van der Waals surface area contributed by atoms with Gasteiger partial charge in [-0.15, -0.1) is 0 Å². The molecule has 0 aliphatic carbocycles. The van der Waals surface area contributed by atoms with Crippen molar-refractivity contribution in [2.75, 3.05) is 0 Å². The van der Waals surface area contributed by atoms with Crippen molar-refractivity contribution >= 4 is 32.5 Å². The van der Waals surface area contributed by atoms with Gasteiger partial charge >= 0.3 is 17.1 Å². The Labute approximate surface area is 57.9 Å². The van der Waals surface area contributed by atoms with E-state index in [1.54, 1.807) is 32.5 Å². The Bertz CT molecular complexity index is 7.61. The predicted octanol–water partition coefficient (Wildman–Crippen LogP) is -0.689. The molecule has 0 aromatic heterocycles. The molecule has 0 radical (unpaired) electrons. The quantitative estimate of drug-likeness (QED) is 0.532. The van der Waals surface area contributed by atoms with Crippen LogP contribution in [0.15, 0.2) is 0 Å². The first-order valence-corrected chi connectivity index (χ1v) is 1.60. The van der Waals surface area contributed by atoms with Crippen LogP contribution < -0.4 is 8.40 Å². The zero-order valence-corrected chi connectivity index (χ0v) is 6.20. The van der Waals surface area contributed by atoms with Gasteiger partial charge in [-0.1, -0.05) is 0 Å². The van der Waals surface area contributed by atoms with E-state index in [4.69, 9.17) is 8.40 Å². The van der Waals surface area contributed by atoms with E-state index >= 15 is 0 Å². The average Bonchev–Trinajstić information content (AvgIpc) is 1.50. The third-order valence-electron chi connectivity index (χ3n) is 0. The Morgan fingerprint density at radius 2 is 0.800 bits per heavy atom. The normalized spacial score (nSPS) is 2.40.